The summed E-state index contributed by atoms with van der Waals surface area (Å²) >= 11 is 0. The van der Waals surface area contributed by atoms with E-state index in [1.54, 1.807) is 6.92 Å². The molecule has 1 amide bonds. The highest BCUT2D eigenvalue weighted by Crippen LogP contribution is 2.30. The van der Waals surface area contributed by atoms with Crippen LogP contribution in [-0.2, 0) is 6.18 Å². The first-order chi connectivity index (χ1) is 10.2. The van der Waals surface area contributed by atoms with Gasteiger partial charge in [0, 0.05) is 11.6 Å². The lowest BCUT2D eigenvalue weighted by Gasteiger charge is -2.15. The van der Waals surface area contributed by atoms with Crippen molar-refractivity contribution in [2.45, 2.75) is 58.2 Å². The van der Waals surface area contributed by atoms with Gasteiger partial charge in [-0.05, 0) is 31.5 Å². The molecule has 1 N–H and O–H groups in total. The highest BCUT2D eigenvalue weighted by atomic mass is 19.4. The van der Waals surface area contributed by atoms with Crippen LogP contribution in [0, 0.1) is 5.82 Å². The number of amides is 1. The maximum absolute atomic E-state index is 13.3. The Kier molecular flexibility index (Phi) is 6.84. The molecule has 0 bridgehead atoms. The van der Waals surface area contributed by atoms with Gasteiger partial charge in [-0.1, -0.05) is 32.6 Å². The molecule has 6 heteroatoms. The van der Waals surface area contributed by atoms with Crippen molar-refractivity contribution in [3.63, 3.8) is 0 Å². The van der Waals surface area contributed by atoms with Crippen LogP contribution in [0.25, 0.3) is 0 Å². The largest absolute Gasteiger partial charge is 0.416 e. The molecule has 1 atom stereocenters. The lowest BCUT2D eigenvalue weighted by Crippen LogP contribution is -2.32. The van der Waals surface area contributed by atoms with Gasteiger partial charge in [-0.3, -0.25) is 4.79 Å². The number of hydrogen-bond acceptors (Lipinski definition) is 1. The predicted octanol–water partition coefficient (Wildman–Crippen LogP) is 4.93. The second-order valence-electron chi connectivity index (χ2n) is 5.45. The van der Waals surface area contributed by atoms with E-state index in [2.05, 4.69) is 12.2 Å². The van der Waals surface area contributed by atoms with Gasteiger partial charge >= 0.3 is 6.18 Å². The van der Waals surface area contributed by atoms with E-state index in [1.807, 2.05) is 0 Å². The average molecular weight is 319 g/mol. The van der Waals surface area contributed by atoms with Gasteiger partial charge < -0.3 is 5.32 Å². The van der Waals surface area contributed by atoms with Crippen LogP contribution in [0.15, 0.2) is 18.2 Å². The Morgan fingerprint density at radius 2 is 1.86 bits per heavy atom. The molecule has 0 aliphatic rings. The van der Waals surface area contributed by atoms with Gasteiger partial charge in [0.2, 0.25) is 0 Å². The minimum Gasteiger partial charge on any atom is -0.350 e. The van der Waals surface area contributed by atoms with Crippen molar-refractivity contribution in [1.82, 2.24) is 5.32 Å². The predicted molar refractivity (Wildman–Crippen MR) is 77.1 cm³/mol. The summed E-state index contributed by atoms with van der Waals surface area (Å²) < 4.78 is 51.1. The van der Waals surface area contributed by atoms with Crippen LogP contribution in [0.2, 0.25) is 0 Å². The normalized spacial score (nSPS) is 13.0. The standard InChI is InChI=1S/C16H21F4NO/c1-3-4-5-6-7-11(2)21-15(22)12-8-13(16(18,19)20)10-14(17)9-12/h8-11H,3-7H2,1-2H3,(H,21,22). The molecule has 2 nitrogen and oxygen atoms in total. The molecule has 0 fully saturated rings. The molecular weight excluding hydrogens is 298 g/mol. The summed E-state index contributed by atoms with van der Waals surface area (Å²) in [4.78, 5) is 11.9. The summed E-state index contributed by atoms with van der Waals surface area (Å²) in [6, 6.07) is 1.70. The molecule has 0 saturated heterocycles. The molecule has 124 valence electrons. The first-order valence-corrected chi connectivity index (χ1v) is 7.42. The maximum Gasteiger partial charge on any atom is 0.416 e. The summed E-state index contributed by atoms with van der Waals surface area (Å²) in [6.45, 7) is 3.88. The molecule has 0 aliphatic heterocycles. The van der Waals surface area contributed by atoms with Gasteiger partial charge in [0.25, 0.3) is 5.91 Å². The van der Waals surface area contributed by atoms with Crippen LogP contribution in [0.3, 0.4) is 0 Å². The number of carbonyl (C=O) groups is 1. The molecule has 0 aromatic heterocycles. The first kappa shape index (κ1) is 18.5. The topological polar surface area (TPSA) is 29.1 Å². The van der Waals surface area contributed by atoms with Crippen LogP contribution < -0.4 is 5.32 Å². The number of rotatable bonds is 7. The van der Waals surface area contributed by atoms with E-state index in [9.17, 15) is 22.4 Å². The lowest BCUT2D eigenvalue weighted by atomic mass is 10.1. The van der Waals surface area contributed by atoms with Crippen LogP contribution in [-0.4, -0.2) is 11.9 Å². The maximum atomic E-state index is 13.3. The van der Waals surface area contributed by atoms with Crippen LogP contribution in [0.5, 0.6) is 0 Å². The Labute approximate surface area is 127 Å². The van der Waals surface area contributed by atoms with E-state index >= 15 is 0 Å². The summed E-state index contributed by atoms with van der Waals surface area (Å²) in [7, 11) is 0. The van der Waals surface area contributed by atoms with Gasteiger partial charge in [0.15, 0.2) is 0 Å². The highest BCUT2D eigenvalue weighted by molar-refractivity contribution is 5.94. The third-order valence-electron chi connectivity index (χ3n) is 3.36. The van der Waals surface area contributed by atoms with Crippen molar-refractivity contribution >= 4 is 5.91 Å². The zero-order valence-electron chi connectivity index (χ0n) is 12.8. The van der Waals surface area contributed by atoms with E-state index in [4.69, 9.17) is 0 Å². The fraction of sp³-hybridized carbons (Fsp3) is 0.562. The van der Waals surface area contributed by atoms with Crippen molar-refractivity contribution in [1.29, 1.82) is 0 Å². The average Bonchev–Trinajstić information content (AvgIpc) is 2.42. The fourth-order valence-corrected chi connectivity index (χ4v) is 2.14. The number of alkyl halides is 3. The monoisotopic (exact) mass is 319 g/mol. The van der Waals surface area contributed by atoms with Crippen LogP contribution in [0.1, 0.15) is 61.9 Å². The van der Waals surface area contributed by atoms with Crippen molar-refractivity contribution < 1.29 is 22.4 Å². The van der Waals surface area contributed by atoms with Crippen molar-refractivity contribution in [2.75, 3.05) is 0 Å². The molecular formula is C16H21F4NO. The van der Waals surface area contributed by atoms with Gasteiger partial charge in [-0.2, -0.15) is 13.2 Å². The van der Waals surface area contributed by atoms with Gasteiger partial charge in [-0.25, -0.2) is 4.39 Å². The van der Waals surface area contributed by atoms with E-state index in [0.717, 1.165) is 38.2 Å². The van der Waals surface area contributed by atoms with E-state index in [1.165, 1.54) is 0 Å². The minimum atomic E-state index is -4.68. The van der Waals surface area contributed by atoms with Crippen LogP contribution in [0.4, 0.5) is 17.6 Å². The lowest BCUT2D eigenvalue weighted by molar-refractivity contribution is -0.137. The fourth-order valence-electron chi connectivity index (χ4n) is 2.14. The summed E-state index contributed by atoms with van der Waals surface area (Å²) in [6.07, 6.45) is 0.265. The quantitative estimate of drug-likeness (QED) is 0.560. The van der Waals surface area contributed by atoms with Crippen molar-refractivity contribution in [3.8, 4) is 0 Å². The number of nitrogens with one attached hydrogen (secondary N) is 1. The molecule has 0 aliphatic carbocycles. The van der Waals surface area contributed by atoms with E-state index in [-0.39, 0.29) is 11.6 Å². The molecule has 1 unspecified atom stereocenters. The second kappa shape index (κ2) is 8.15. The number of hydrogen-bond donors (Lipinski definition) is 1. The molecule has 1 rings (SSSR count). The first-order valence-electron chi connectivity index (χ1n) is 7.42. The molecule has 1 aromatic carbocycles. The highest BCUT2D eigenvalue weighted by Gasteiger charge is 2.32. The number of unbranched alkanes of at least 4 members (excludes halogenated alkanes) is 3. The van der Waals surface area contributed by atoms with Gasteiger partial charge in [0.1, 0.15) is 5.82 Å². The zero-order valence-corrected chi connectivity index (χ0v) is 12.8. The molecule has 0 spiro atoms. The SMILES string of the molecule is CCCCCCC(C)NC(=O)c1cc(F)cc(C(F)(F)F)c1. The number of halogens is 4. The molecule has 0 radical (unpaired) electrons. The third-order valence-corrected chi connectivity index (χ3v) is 3.36. The van der Waals surface area contributed by atoms with Crippen molar-refractivity contribution in [3.05, 3.63) is 35.1 Å². The molecule has 0 saturated carbocycles. The van der Waals surface area contributed by atoms with E-state index < -0.39 is 23.5 Å². The Balaban J connectivity index is 2.67. The zero-order chi connectivity index (χ0) is 16.8. The van der Waals surface area contributed by atoms with Gasteiger partial charge in [0.05, 0.1) is 5.56 Å². The smallest absolute Gasteiger partial charge is 0.350 e. The minimum absolute atomic E-state index is 0.165. The Bertz CT molecular complexity index is 499. The molecule has 1 aromatic rings. The molecule has 0 heterocycles. The number of benzene rings is 1. The van der Waals surface area contributed by atoms with E-state index in [0.29, 0.717) is 12.1 Å². The summed E-state index contributed by atoms with van der Waals surface area (Å²) in [5.74, 6) is -1.76. The Morgan fingerprint density at radius 3 is 2.45 bits per heavy atom. The molecule has 22 heavy (non-hydrogen) atoms. The summed E-state index contributed by atoms with van der Waals surface area (Å²) in [5, 5.41) is 2.61. The van der Waals surface area contributed by atoms with Gasteiger partial charge in [-0.15, -0.1) is 0 Å². The Morgan fingerprint density at radius 1 is 1.18 bits per heavy atom. The Hall–Kier alpha value is -1.59. The van der Waals surface area contributed by atoms with Crippen LogP contribution >= 0.6 is 0 Å². The summed E-state index contributed by atoms with van der Waals surface area (Å²) in [5.41, 5.74) is -1.47. The third kappa shape index (κ3) is 6.03. The number of carbonyl (C=O) groups excluding carboxylic acids is 1. The van der Waals surface area contributed by atoms with Crippen molar-refractivity contribution in [2.24, 2.45) is 0 Å². The second-order valence-corrected chi connectivity index (χ2v) is 5.45.